The topological polar surface area (TPSA) is 117 Å². The molecule has 1 amide bonds. The molecule has 0 spiro atoms. The molecule has 0 saturated carbocycles. The zero-order valence-corrected chi connectivity index (χ0v) is 17.7. The number of pyridine rings is 1. The summed E-state index contributed by atoms with van der Waals surface area (Å²) in [6.07, 6.45) is 5.40. The minimum atomic E-state index is -0.609. The number of carbonyl (C=O) groups excluding carboxylic acids is 2. The molecule has 0 atom stereocenters. The molecule has 2 aromatic heterocycles. The second-order valence-corrected chi connectivity index (χ2v) is 7.48. The van der Waals surface area contributed by atoms with Gasteiger partial charge in [-0.3, -0.25) is 14.0 Å². The van der Waals surface area contributed by atoms with Crippen LogP contribution in [0.1, 0.15) is 33.7 Å². The minimum Gasteiger partial charge on any atom is -0.318 e. The molecule has 1 aliphatic heterocycles. The van der Waals surface area contributed by atoms with Crippen LogP contribution in [-0.2, 0) is 0 Å². The van der Waals surface area contributed by atoms with E-state index in [1.54, 1.807) is 28.8 Å². The number of aromatic nitrogens is 2. The number of fused-ring (bicyclic) bond motifs is 1. The summed E-state index contributed by atoms with van der Waals surface area (Å²) in [5, 5.41) is 11.9. The van der Waals surface area contributed by atoms with Crippen molar-refractivity contribution in [1.82, 2.24) is 20.0 Å². The Morgan fingerprint density at radius 1 is 1.31 bits per heavy atom. The van der Waals surface area contributed by atoms with Crippen LogP contribution in [0.5, 0.6) is 0 Å². The van der Waals surface area contributed by atoms with E-state index in [2.05, 4.69) is 26.1 Å². The Morgan fingerprint density at radius 2 is 2.09 bits per heavy atom. The molecule has 1 aliphatic rings. The quantitative estimate of drug-likeness (QED) is 0.401. The lowest BCUT2D eigenvalue weighted by molar-refractivity contribution is 0.102. The Balaban J connectivity index is 0.000000222. The first-order valence-corrected chi connectivity index (χ1v) is 10.2. The lowest BCUT2D eigenvalue weighted by atomic mass is 9.89. The van der Waals surface area contributed by atoms with Gasteiger partial charge < -0.3 is 16.0 Å². The van der Waals surface area contributed by atoms with Crippen molar-refractivity contribution in [2.45, 2.75) is 18.4 Å². The average molecular weight is 440 g/mol. The Bertz CT molecular complexity index is 1090. The molecule has 10 heteroatoms. The summed E-state index contributed by atoms with van der Waals surface area (Å²) in [4.78, 5) is 37.6. The van der Waals surface area contributed by atoms with Crippen molar-refractivity contribution >= 4 is 23.5 Å². The molecule has 32 heavy (non-hydrogen) atoms. The Morgan fingerprint density at radius 3 is 2.78 bits per heavy atom. The van der Waals surface area contributed by atoms with Crippen LogP contribution in [0.2, 0.25) is 0 Å². The number of imidazole rings is 1. The Labute approximate surface area is 184 Å². The van der Waals surface area contributed by atoms with Gasteiger partial charge >= 0.3 is 0 Å². The van der Waals surface area contributed by atoms with Crippen LogP contribution in [0.15, 0.2) is 54.0 Å². The van der Waals surface area contributed by atoms with E-state index in [0.29, 0.717) is 18.5 Å². The lowest BCUT2D eigenvalue weighted by Gasteiger charge is -2.30. The number of rotatable bonds is 6. The number of nitroso groups, excluding NO2 is 1. The number of amides is 1. The predicted molar refractivity (Wildman–Crippen MR) is 119 cm³/mol. The summed E-state index contributed by atoms with van der Waals surface area (Å²) >= 11 is 0. The molecule has 0 aliphatic carbocycles. The smallest absolute Gasteiger partial charge is 0.274 e. The molecule has 168 valence electrons. The second kappa shape index (κ2) is 10.7. The van der Waals surface area contributed by atoms with Gasteiger partial charge in [-0.1, -0.05) is 11.2 Å². The minimum absolute atomic E-state index is 0.0459. The predicted octanol–water partition coefficient (Wildman–Crippen LogP) is 2.63. The SMILES string of the molecule is CNCC1(N=O)CCNCC1.O=Cc1ccc(F)c(NC(=O)c2cnc3ccccn23)c1. The third kappa shape index (κ3) is 5.40. The maximum absolute atomic E-state index is 13.7. The maximum atomic E-state index is 13.7. The number of nitrogens with zero attached hydrogens (tertiary/aromatic N) is 3. The molecule has 3 N–H and O–H groups in total. The van der Waals surface area contributed by atoms with Crippen molar-refractivity contribution in [2.24, 2.45) is 5.18 Å². The number of nitrogens with one attached hydrogen (secondary N) is 3. The number of hydrogen-bond acceptors (Lipinski definition) is 7. The van der Waals surface area contributed by atoms with Crippen LogP contribution in [0.3, 0.4) is 0 Å². The third-order valence-corrected chi connectivity index (χ3v) is 5.26. The zero-order valence-electron chi connectivity index (χ0n) is 17.7. The highest BCUT2D eigenvalue weighted by molar-refractivity contribution is 6.03. The van der Waals surface area contributed by atoms with E-state index in [-0.39, 0.29) is 22.5 Å². The van der Waals surface area contributed by atoms with Crippen LogP contribution in [0, 0.1) is 10.7 Å². The maximum Gasteiger partial charge on any atom is 0.274 e. The summed E-state index contributed by atoms with van der Waals surface area (Å²) in [5.74, 6) is -1.11. The van der Waals surface area contributed by atoms with E-state index >= 15 is 0 Å². The van der Waals surface area contributed by atoms with E-state index in [0.717, 1.165) is 32.0 Å². The number of halogens is 1. The molecule has 1 fully saturated rings. The van der Waals surface area contributed by atoms with Crippen molar-refractivity contribution < 1.29 is 14.0 Å². The summed E-state index contributed by atoms with van der Waals surface area (Å²) in [5.41, 5.74) is 0.798. The number of hydrogen-bond donors (Lipinski definition) is 3. The van der Waals surface area contributed by atoms with Gasteiger partial charge in [0.15, 0.2) is 0 Å². The van der Waals surface area contributed by atoms with Gasteiger partial charge in [0, 0.05) is 18.3 Å². The van der Waals surface area contributed by atoms with Crippen molar-refractivity contribution in [3.8, 4) is 0 Å². The number of likely N-dealkylation sites (N-methyl/N-ethyl adjacent to an activating group) is 1. The number of benzene rings is 1. The van der Waals surface area contributed by atoms with Gasteiger partial charge in [0.25, 0.3) is 5.91 Å². The number of anilines is 1. The Hall–Kier alpha value is -3.50. The fourth-order valence-electron chi connectivity index (χ4n) is 3.52. The molecule has 9 nitrogen and oxygen atoms in total. The molecular weight excluding hydrogens is 415 g/mol. The van der Waals surface area contributed by atoms with Crippen molar-refractivity contribution in [3.63, 3.8) is 0 Å². The molecule has 0 bridgehead atoms. The van der Waals surface area contributed by atoms with Gasteiger partial charge in [0.1, 0.15) is 29.0 Å². The van der Waals surface area contributed by atoms with Gasteiger partial charge in [-0.15, -0.1) is 0 Å². The molecule has 0 unspecified atom stereocenters. The van der Waals surface area contributed by atoms with Crippen LogP contribution in [0.25, 0.3) is 5.65 Å². The lowest BCUT2D eigenvalue weighted by Crippen LogP contribution is -2.46. The van der Waals surface area contributed by atoms with Gasteiger partial charge in [0.2, 0.25) is 0 Å². The standard InChI is InChI=1S/C15H10FN3O2.C7H15N3O/c16-11-5-4-10(9-20)7-12(11)18-15(21)13-8-17-14-3-1-2-6-19(13)14;1-8-6-7(10-11)2-4-9-5-3-7/h1-9H,(H,18,21);8-9H,2-6H2,1H3. The largest absolute Gasteiger partial charge is 0.318 e. The fraction of sp³-hybridized carbons (Fsp3) is 0.318. The van der Waals surface area contributed by atoms with Gasteiger partial charge in [-0.25, -0.2) is 9.37 Å². The highest BCUT2D eigenvalue weighted by Crippen LogP contribution is 2.21. The first kappa shape index (κ1) is 23.2. The monoisotopic (exact) mass is 440 g/mol. The van der Waals surface area contributed by atoms with E-state index in [4.69, 9.17) is 0 Å². The van der Waals surface area contributed by atoms with Crippen molar-refractivity contribution in [1.29, 1.82) is 0 Å². The number of aldehydes is 1. The third-order valence-electron chi connectivity index (χ3n) is 5.26. The number of piperidine rings is 1. The fourth-order valence-corrected chi connectivity index (χ4v) is 3.52. The summed E-state index contributed by atoms with van der Waals surface area (Å²) < 4.78 is 15.3. The molecule has 1 saturated heterocycles. The highest BCUT2D eigenvalue weighted by atomic mass is 19.1. The molecule has 3 aromatic rings. The molecule has 4 rings (SSSR count). The van der Waals surface area contributed by atoms with Crippen molar-refractivity contribution in [2.75, 3.05) is 32.0 Å². The van der Waals surface area contributed by atoms with Gasteiger partial charge in [-0.05, 0) is 63.3 Å². The Kier molecular flexibility index (Phi) is 7.74. The van der Waals surface area contributed by atoms with Crippen LogP contribution < -0.4 is 16.0 Å². The van der Waals surface area contributed by atoms with Gasteiger partial charge in [0.05, 0.1) is 11.9 Å². The van der Waals surface area contributed by atoms with Crippen LogP contribution in [0.4, 0.5) is 10.1 Å². The molecule has 3 heterocycles. The first-order valence-electron chi connectivity index (χ1n) is 10.2. The molecule has 1 aromatic carbocycles. The number of carbonyl (C=O) groups is 2. The van der Waals surface area contributed by atoms with Crippen LogP contribution >= 0.6 is 0 Å². The van der Waals surface area contributed by atoms with Gasteiger partial charge in [-0.2, -0.15) is 4.91 Å². The summed E-state index contributed by atoms with van der Waals surface area (Å²) in [7, 11) is 1.86. The molecule has 0 radical (unpaired) electrons. The van der Waals surface area contributed by atoms with E-state index in [9.17, 15) is 18.9 Å². The summed E-state index contributed by atoms with van der Waals surface area (Å²) in [6, 6.07) is 9.07. The van der Waals surface area contributed by atoms with E-state index < -0.39 is 11.7 Å². The average Bonchev–Trinajstić information content (AvgIpc) is 3.26. The zero-order chi connectivity index (χ0) is 23.0. The second-order valence-electron chi connectivity index (χ2n) is 7.48. The van der Waals surface area contributed by atoms with E-state index in [1.165, 1.54) is 18.3 Å². The van der Waals surface area contributed by atoms with E-state index in [1.807, 2.05) is 7.05 Å². The van der Waals surface area contributed by atoms with Crippen LogP contribution in [-0.4, -0.2) is 53.8 Å². The normalized spacial score (nSPS) is 14.8. The summed E-state index contributed by atoms with van der Waals surface area (Å²) in [6.45, 7) is 2.53. The molecular formula is C22H25FN6O3. The highest BCUT2D eigenvalue weighted by Gasteiger charge is 2.32. The first-order chi connectivity index (χ1) is 15.5. The van der Waals surface area contributed by atoms with Crippen molar-refractivity contribution in [3.05, 3.63) is 70.8 Å².